The van der Waals surface area contributed by atoms with Crippen molar-refractivity contribution in [1.82, 2.24) is 0 Å². The van der Waals surface area contributed by atoms with Crippen LogP contribution in [0.2, 0.25) is 0 Å². The molecule has 0 spiro atoms. The van der Waals surface area contributed by atoms with Crippen LogP contribution in [0.3, 0.4) is 0 Å². The molecule has 0 amide bonds. The lowest BCUT2D eigenvalue weighted by atomic mass is 9.91. The molecule has 1 aliphatic heterocycles. The molecule has 0 saturated heterocycles. The molecular weight excluding hydrogens is 292 g/mol. The van der Waals surface area contributed by atoms with E-state index >= 15 is 0 Å². The highest BCUT2D eigenvalue weighted by Gasteiger charge is 2.23. The first kappa shape index (κ1) is 15.2. The van der Waals surface area contributed by atoms with Crippen LogP contribution in [0, 0.1) is 6.92 Å². The maximum Gasteiger partial charge on any atom is 0.335 e. The lowest BCUT2D eigenvalue weighted by molar-refractivity contribution is 0.0697. The molecule has 1 unspecified atom stereocenters. The van der Waals surface area contributed by atoms with Crippen molar-refractivity contribution in [1.29, 1.82) is 0 Å². The zero-order valence-electron chi connectivity index (χ0n) is 13.3. The van der Waals surface area contributed by atoms with Gasteiger partial charge in [0, 0.05) is 11.1 Å². The van der Waals surface area contributed by atoms with Crippen LogP contribution in [0.1, 0.15) is 34.0 Å². The van der Waals surface area contributed by atoms with Crippen molar-refractivity contribution < 1.29 is 19.4 Å². The quantitative estimate of drug-likeness (QED) is 0.933. The Morgan fingerprint density at radius 2 is 1.96 bits per heavy atom. The Balaban J connectivity index is 2.22. The van der Waals surface area contributed by atoms with Gasteiger partial charge in [-0.25, -0.2) is 4.79 Å². The van der Waals surface area contributed by atoms with Crippen LogP contribution in [0.4, 0.5) is 0 Å². The Morgan fingerprint density at radius 3 is 2.65 bits per heavy atom. The number of fused-ring (bicyclic) bond motifs is 1. The molecule has 2 aromatic rings. The standard InChI is InChI=1S/C19H18O4/c1-11-4-6-17(22-3)15(8-11)14-9-12(2)23-18-7-5-13(19(20)21)10-16(14)18/h4-10,12H,1-3H3,(H,20,21). The Hall–Kier alpha value is -2.75. The minimum Gasteiger partial charge on any atom is -0.496 e. The molecule has 4 heteroatoms. The number of hydrogen-bond acceptors (Lipinski definition) is 3. The highest BCUT2D eigenvalue weighted by Crippen LogP contribution is 2.40. The van der Waals surface area contributed by atoms with Crippen molar-refractivity contribution in [2.75, 3.05) is 7.11 Å². The fourth-order valence-electron chi connectivity index (χ4n) is 2.80. The third-order valence-corrected chi connectivity index (χ3v) is 3.88. The minimum atomic E-state index is -0.957. The van der Waals surface area contributed by atoms with Crippen molar-refractivity contribution in [3.8, 4) is 11.5 Å². The van der Waals surface area contributed by atoms with Gasteiger partial charge in [0.1, 0.15) is 17.6 Å². The van der Waals surface area contributed by atoms with Crippen LogP contribution in [-0.2, 0) is 0 Å². The van der Waals surface area contributed by atoms with E-state index in [-0.39, 0.29) is 11.7 Å². The minimum absolute atomic E-state index is 0.0987. The molecule has 4 nitrogen and oxygen atoms in total. The van der Waals surface area contributed by atoms with Gasteiger partial charge >= 0.3 is 5.97 Å². The summed E-state index contributed by atoms with van der Waals surface area (Å²) in [6, 6.07) is 10.9. The summed E-state index contributed by atoms with van der Waals surface area (Å²) >= 11 is 0. The lowest BCUT2D eigenvalue weighted by Crippen LogP contribution is -2.16. The van der Waals surface area contributed by atoms with E-state index in [9.17, 15) is 9.90 Å². The maximum absolute atomic E-state index is 11.3. The maximum atomic E-state index is 11.3. The molecule has 0 aromatic heterocycles. The largest absolute Gasteiger partial charge is 0.496 e. The summed E-state index contributed by atoms with van der Waals surface area (Å²) in [4.78, 5) is 11.3. The SMILES string of the molecule is COc1ccc(C)cc1C1=CC(C)Oc2ccc(C(=O)O)cc21. The highest BCUT2D eigenvalue weighted by atomic mass is 16.5. The predicted octanol–water partition coefficient (Wildman–Crippen LogP) is 3.91. The fourth-order valence-corrected chi connectivity index (χ4v) is 2.80. The molecule has 0 bridgehead atoms. The molecule has 0 aliphatic carbocycles. The molecular formula is C19H18O4. The zero-order chi connectivity index (χ0) is 16.6. The monoisotopic (exact) mass is 310 g/mol. The first-order valence-corrected chi connectivity index (χ1v) is 7.41. The van der Waals surface area contributed by atoms with Gasteiger partial charge in [-0.15, -0.1) is 0 Å². The van der Waals surface area contributed by atoms with E-state index in [1.165, 1.54) is 0 Å². The van der Waals surface area contributed by atoms with Crippen LogP contribution in [0.15, 0.2) is 42.5 Å². The third kappa shape index (κ3) is 2.80. The first-order chi connectivity index (χ1) is 11.0. The predicted molar refractivity (Wildman–Crippen MR) is 88.3 cm³/mol. The van der Waals surface area contributed by atoms with Gasteiger partial charge in [0.15, 0.2) is 0 Å². The molecule has 1 N–H and O–H groups in total. The number of aromatic carboxylic acids is 1. The second-order valence-electron chi connectivity index (χ2n) is 5.62. The van der Waals surface area contributed by atoms with Crippen molar-refractivity contribution >= 4 is 11.5 Å². The number of carboxylic acid groups (broad SMARTS) is 1. The number of ether oxygens (including phenoxy) is 2. The molecule has 0 fully saturated rings. The van der Waals surface area contributed by atoms with E-state index < -0.39 is 5.97 Å². The van der Waals surface area contributed by atoms with E-state index in [0.29, 0.717) is 5.75 Å². The summed E-state index contributed by atoms with van der Waals surface area (Å²) in [5.74, 6) is 0.480. The number of benzene rings is 2. The van der Waals surface area contributed by atoms with Crippen molar-refractivity contribution in [2.24, 2.45) is 0 Å². The Labute approximate surface area is 135 Å². The molecule has 2 aromatic carbocycles. The van der Waals surface area contributed by atoms with Gasteiger partial charge in [0.2, 0.25) is 0 Å². The van der Waals surface area contributed by atoms with Crippen molar-refractivity contribution in [2.45, 2.75) is 20.0 Å². The molecule has 1 heterocycles. The number of rotatable bonds is 3. The highest BCUT2D eigenvalue weighted by molar-refractivity contribution is 5.93. The lowest BCUT2D eigenvalue weighted by Gasteiger charge is -2.25. The average molecular weight is 310 g/mol. The second-order valence-corrected chi connectivity index (χ2v) is 5.62. The van der Waals surface area contributed by atoms with Gasteiger partial charge in [0.05, 0.1) is 12.7 Å². The average Bonchev–Trinajstić information content (AvgIpc) is 2.53. The van der Waals surface area contributed by atoms with Crippen molar-refractivity contribution in [3.05, 3.63) is 64.7 Å². The molecule has 3 rings (SSSR count). The topological polar surface area (TPSA) is 55.8 Å². The summed E-state index contributed by atoms with van der Waals surface area (Å²) in [6.07, 6.45) is 1.89. The number of methoxy groups -OCH3 is 1. The summed E-state index contributed by atoms with van der Waals surface area (Å²) in [5, 5.41) is 9.26. The fraction of sp³-hybridized carbons (Fsp3) is 0.211. The van der Waals surface area contributed by atoms with Gasteiger partial charge in [0.25, 0.3) is 0 Å². The molecule has 23 heavy (non-hydrogen) atoms. The summed E-state index contributed by atoms with van der Waals surface area (Å²) in [7, 11) is 1.63. The van der Waals surface area contributed by atoms with E-state index in [0.717, 1.165) is 28.0 Å². The van der Waals surface area contributed by atoms with Gasteiger partial charge in [-0.1, -0.05) is 11.6 Å². The smallest absolute Gasteiger partial charge is 0.335 e. The zero-order valence-corrected chi connectivity index (χ0v) is 13.3. The van der Waals surface area contributed by atoms with E-state index in [4.69, 9.17) is 9.47 Å². The van der Waals surface area contributed by atoms with Gasteiger partial charge in [-0.05, 0) is 55.8 Å². The van der Waals surface area contributed by atoms with Crippen LogP contribution >= 0.6 is 0 Å². The number of aryl methyl sites for hydroxylation is 1. The van der Waals surface area contributed by atoms with E-state index in [1.807, 2.05) is 38.1 Å². The van der Waals surface area contributed by atoms with Crippen LogP contribution in [0.25, 0.3) is 5.57 Å². The number of hydrogen-bond donors (Lipinski definition) is 1. The first-order valence-electron chi connectivity index (χ1n) is 7.41. The van der Waals surface area contributed by atoms with Crippen LogP contribution in [-0.4, -0.2) is 24.3 Å². The third-order valence-electron chi connectivity index (χ3n) is 3.88. The van der Waals surface area contributed by atoms with Gasteiger partial charge in [-0.2, -0.15) is 0 Å². The molecule has 1 aliphatic rings. The summed E-state index contributed by atoms with van der Waals surface area (Å²) < 4.78 is 11.3. The molecule has 118 valence electrons. The number of carbonyl (C=O) groups is 1. The van der Waals surface area contributed by atoms with Crippen LogP contribution < -0.4 is 9.47 Å². The Bertz CT molecular complexity index is 805. The molecule has 0 saturated carbocycles. The molecule has 0 radical (unpaired) electrons. The Morgan fingerprint density at radius 1 is 1.17 bits per heavy atom. The van der Waals surface area contributed by atoms with E-state index in [2.05, 4.69) is 0 Å². The number of carboxylic acids is 1. The normalized spacial score (nSPS) is 16.1. The Kier molecular flexibility index (Phi) is 3.82. The van der Waals surface area contributed by atoms with Crippen molar-refractivity contribution in [3.63, 3.8) is 0 Å². The second kappa shape index (κ2) is 5.80. The molecule has 1 atom stereocenters. The van der Waals surface area contributed by atoms with Gasteiger partial charge in [-0.3, -0.25) is 0 Å². The van der Waals surface area contributed by atoms with Gasteiger partial charge < -0.3 is 14.6 Å². The summed E-state index contributed by atoms with van der Waals surface area (Å²) in [5.41, 5.74) is 3.98. The van der Waals surface area contributed by atoms with E-state index in [1.54, 1.807) is 25.3 Å². The van der Waals surface area contributed by atoms with Crippen LogP contribution in [0.5, 0.6) is 11.5 Å². The summed E-state index contributed by atoms with van der Waals surface area (Å²) in [6.45, 7) is 3.97.